The van der Waals surface area contributed by atoms with Gasteiger partial charge in [-0.15, -0.1) is 0 Å². The van der Waals surface area contributed by atoms with E-state index < -0.39 is 57.6 Å². The molecule has 3 unspecified atom stereocenters. The normalized spacial score (nSPS) is 14.6. The van der Waals surface area contributed by atoms with Gasteiger partial charge in [0.15, 0.2) is 6.04 Å². The number of hydrogen-bond donors (Lipinski definition) is 4. The number of unbranched alkanes of at least 4 members (excludes halogenated alkanes) is 11. The maximum absolute atomic E-state index is 12.3. The van der Waals surface area contributed by atoms with Crippen LogP contribution in [-0.2, 0) is 32.7 Å². The molecule has 0 aliphatic carbocycles. The van der Waals surface area contributed by atoms with Crippen LogP contribution < -0.4 is 5.32 Å². The summed E-state index contributed by atoms with van der Waals surface area (Å²) in [5.74, 6) is -2.46. The summed E-state index contributed by atoms with van der Waals surface area (Å²) in [5.41, 5.74) is 0. The average molecular weight is 834 g/mol. The second-order valence-corrected chi connectivity index (χ2v) is 15.6. The molecule has 0 aliphatic heterocycles. The topological polar surface area (TPSA) is 169 Å². The molecule has 0 radical (unpaired) electrons. The molecule has 0 saturated heterocycles. The number of carboxylic acid groups (broad SMARTS) is 1. The van der Waals surface area contributed by atoms with E-state index in [4.69, 9.17) is 13.8 Å². The van der Waals surface area contributed by atoms with Crippen molar-refractivity contribution < 1.29 is 47.8 Å². The summed E-state index contributed by atoms with van der Waals surface area (Å²) in [6.07, 6.45) is 48.9. The molecule has 12 heteroatoms. The number of ether oxygens (including phenoxy) is 1. The van der Waals surface area contributed by atoms with Gasteiger partial charge < -0.3 is 25.2 Å². The van der Waals surface area contributed by atoms with E-state index in [1.54, 1.807) is 0 Å². The van der Waals surface area contributed by atoms with Crippen LogP contribution in [0.25, 0.3) is 0 Å². The van der Waals surface area contributed by atoms with E-state index in [2.05, 4.69) is 92.1 Å². The van der Waals surface area contributed by atoms with Crippen molar-refractivity contribution in [2.75, 3.05) is 19.8 Å². The number of amides is 1. The number of carbonyl (C=O) groups excluding carboxylic acids is 2. The maximum Gasteiger partial charge on any atom is 0.472 e. The number of hydrogen-bond acceptors (Lipinski definition) is 8. The van der Waals surface area contributed by atoms with Crippen LogP contribution >= 0.6 is 7.82 Å². The molecule has 0 bridgehead atoms. The number of carbonyl (C=O) groups is 3. The first-order chi connectivity index (χ1) is 28.1. The molecular formula is C46H76NO10P. The molecule has 0 saturated carbocycles. The van der Waals surface area contributed by atoms with E-state index in [9.17, 15) is 34.1 Å². The number of aliphatic hydroxyl groups excluding tert-OH is 1. The van der Waals surface area contributed by atoms with Crippen LogP contribution in [0.2, 0.25) is 0 Å². The Morgan fingerprint density at radius 1 is 0.569 bits per heavy atom. The smallest absolute Gasteiger partial charge is 0.472 e. The molecule has 0 aromatic carbocycles. The Bertz CT molecular complexity index is 1300. The third-order valence-corrected chi connectivity index (χ3v) is 9.62. The molecule has 0 aromatic heterocycles. The highest BCUT2D eigenvalue weighted by atomic mass is 31.2. The van der Waals surface area contributed by atoms with Crippen molar-refractivity contribution in [2.24, 2.45) is 0 Å². The summed E-state index contributed by atoms with van der Waals surface area (Å²) in [4.78, 5) is 45.9. The summed E-state index contributed by atoms with van der Waals surface area (Å²) in [5, 5.41) is 21.8. The molecule has 1 amide bonds. The highest BCUT2D eigenvalue weighted by Crippen LogP contribution is 2.43. The van der Waals surface area contributed by atoms with Crippen LogP contribution in [0.15, 0.2) is 85.1 Å². The second kappa shape index (κ2) is 40.4. The van der Waals surface area contributed by atoms with Crippen molar-refractivity contribution in [2.45, 2.75) is 167 Å². The summed E-state index contributed by atoms with van der Waals surface area (Å²) in [6.45, 7) is 2.37. The monoisotopic (exact) mass is 834 g/mol. The zero-order chi connectivity index (χ0) is 42.8. The van der Waals surface area contributed by atoms with Gasteiger partial charge in [0, 0.05) is 12.8 Å². The van der Waals surface area contributed by atoms with Crippen molar-refractivity contribution in [1.82, 2.24) is 5.32 Å². The van der Waals surface area contributed by atoms with Gasteiger partial charge in [0.1, 0.15) is 12.7 Å². The molecule has 4 N–H and O–H groups in total. The zero-order valence-corrected chi connectivity index (χ0v) is 36.5. The summed E-state index contributed by atoms with van der Waals surface area (Å²) < 4.78 is 26.8. The molecule has 0 aromatic rings. The van der Waals surface area contributed by atoms with E-state index in [0.29, 0.717) is 19.3 Å². The van der Waals surface area contributed by atoms with Gasteiger partial charge in [-0.25, -0.2) is 9.36 Å². The number of rotatable bonds is 39. The van der Waals surface area contributed by atoms with E-state index in [1.807, 2.05) is 12.2 Å². The van der Waals surface area contributed by atoms with Gasteiger partial charge in [-0.2, -0.15) is 0 Å². The lowest BCUT2D eigenvalue weighted by atomic mass is 10.1. The van der Waals surface area contributed by atoms with E-state index >= 15 is 0 Å². The van der Waals surface area contributed by atoms with Crippen LogP contribution in [0, 0.1) is 0 Å². The van der Waals surface area contributed by atoms with Crippen molar-refractivity contribution >= 4 is 25.7 Å². The van der Waals surface area contributed by atoms with Gasteiger partial charge >= 0.3 is 19.8 Å². The molecule has 58 heavy (non-hydrogen) atoms. The number of phosphoric acid groups is 1. The van der Waals surface area contributed by atoms with Gasteiger partial charge in [-0.1, -0.05) is 144 Å². The quantitative estimate of drug-likeness (QED) is 0.0202. The standard InChI is InChI=1S/C46H76NO10P/c1-3-5-7-9-11-13-15-17-19-21-23-25-27-29-31-33-35-37-44(49)47-43(46(51)52)41-57-58(53,54)56-40-42(48)39-55-45(50)38-36-34-32-30-28-26-24-22-20-18-16-14-12-10-8-6-4-2/h6,8,11-14,17-20,24,26,30,32,42-43,48H,3-5,7,9-10,15-16,21-23,25,27-29,31,33-41H2,1-2H3,(H,47,49)(H,51,52)(H,53,54)/b8-6-,13-11-,14-12-,19-17-,20-18-,26-24-,32-30-. The number of carboxylic acids is 1. The summed E-state index contributed by atoms with van der Waals surface area (Å²) in [6, 6.07) is -1.56. The molecule has 0 rings (SSSR count). The molecule has 0 heterocycles. The van der Waals surface area contributed by atoms with Gasteiger partial charge in [-0.3, -0.25) is 18.6 Å². The third-order valence-electron chi connectivity index (χ3n) is 8.67. The Morgan fingerprint density at radius 3 is 1.53 bits per heavy atom. The van der Waals surface area contributed by atoms with Crippen LogP contribution in [-0.4, -0.2) is 64.9 Å². The molecule has 330 valence electrons. The average Bonchev–Trinajstić information content (AvgIpc) is 3.20. The Hall–Kier alpha value is -3.34. The fraction of sp³-hybridized carbons (Fsp3) is 0.630. The number of esters is 1. The van der Waals surface area contributed by atoms with Gasteiger partial charge in [-0.05, 0) is 83.5 Å². The predicted octanol–water partition coefficient (Wildman–Crippen LogP) is 11.1. The summed E-state index contributed by atoms with van der Waals surface area (Å²) >= 11 is 0. The highest BCUT2D eigenvalue weighted by molar-refractivity contribution is 7.47. The van der Waals surface area contributed by atoms with Crippen LogP contribution in [0.1, 0.15) is 155 Å². The zero-order valence-electron chi connectivity index (χ0n) is 35.6. The molecule has 0 fully saturated rings. The van der Waals surface area contributed by atoms with Crippen LogP contribution in [0.3, 0.4) is 0 Å². The Morgan fingerprint density at radius 2 is 1.02 bits per heavy atom. The third kappa shape index (κ3) is 39.5. The molecule has 0 spiro atoms. The fourth-order valence-corrected chi connectivity index (χ4v) is 6.09. The van der Waals surface area contributed by atoms with E-state index in [1.165, 1.54) is 25.7 Å². The lowest BCUT2D eigenvalue weighted by molar-refractivity contribution is -0.147. The number of allylic oxidation sites excluding steroid dienone is 14. The largest absolute Gasteiger partial charge is 0.480 e. The van der Waals surface area contributed by atoms with Crippen molar-refractivity contribution in [3.63, 3.8) is 0 Å². The van der Waals surface area contributed by atoms with Crippen LogP contribution in [0.5, 0.6) is 0 Å². The summed E-state index contributed by atoms with van der Waals surface area (Å²) in [7, 11) is -4.78. The first-order valence-electron chi connectivity index (χ1n) is 21.6. The van der Waals surface area contributed by atoms with E-state index in [-0.39, 0.29) is 12.8 Å². The molecule has 3 atom stereocenters. The highest BCUT2D eigenvalue weighted by Gasteiger charge is 2.28. The Labute approximate surface area is 350 Å². The lowest BCUT2D eigenvalue weighted by Gasteiger charge is -2.18. The molecule has 11 nitrogen and oxygen atoms in total. The first kappa shape index (κ1) is 54.7. The second-order valence-electron chi connectivity index (χ2n) is 14.1. The maximum atomic E-state index is 12.3. The Kier molecular flexibility index (Phi) is 38.1. The number of nitrogens with one attached hydrogen (secondary N) is 1. The Balaban J connectivity index is 4.01. The first-order valence-corrected chi connectivity index (χ1v) is 23.1. The number of aliphatic carboxylic acids is 1. The SMILES string of the molecule is CC/C=C\C/C=C\C/C=C\C/C=C\C/C=C\CCCC(=O)OCC(O)COP(=O)(O)OCC(NC(=O)CCCCCCCCC/C=C\C/C=C\CCCCC)C(=O)O. The van der Waals surface area contributed by atoms with Crippen molar-refractivity contribution in [3.05, 3.63) is 85.1 Å². The number of phosphoric ester groups is 1. The lowest BCUT2D eigenvalue weighted by Crippen LogP contribution is -2.43. The van der Waals surface area contributed by atoms with E-state index in [0.717, 1.165) is 83.5 Å². The fourth-order valence-electron chi connectivity index (χ4n) is 5.32. The predicted molar refractivity (Wildman–Crippen MR) is 235 cm³/mol. The minimum absolute atomic E-state index is 0.128. The molecular weight excluding hydrogens is 757 g/mol. The van der Waals surface area contributed by atoms with Gasteiger partial charge in [0.05, 0.1) is 13.2 Å². The van der Waals surface area contributed by atoms with Crippen molar-refractivity contribution in [1.29, 1.82) is 0 Å². The van der Waals surface area contributed by atoms with Gasteiger partial charge in [0.25, 0.3) is 0 Å². The van der Waals surface area contributed by atoms with Crippen LogP contribution in [0.4, 0.5) is 0 Å². The van der Waals surface area contributed by atoms with Gasteiger partial charge in [0.2, 0.25) is 5.91 Å². The minimum atomic E-state index is -4.78. The molecule has 0 aliphatic rings. The number of aliphatic hydroxyl groups is 1. The minimum Gasteiger partial charge on any atom is -0.480 e. The van der Waals surface area contributed by atoms with Crippen molar-refractivity contribution in [3.8, 4) is 0 Å².